The fourth-order valence-corrected chi connectivity index (χ4v) is 17.9. The van der Waals surface area contributed by atoms with Crippen molar-refractivity contribution in [1.82, 2.24) is 32.7 Å². The summed E-state index contributed by atoms with van der Waals surface area (Å²) in [6, 6.07) is 128. The van der Waals surface area contributed by atoms with Crippen molar-refractivity contribution in [2.75, 3.05) is 0 Å². The van der Waals surface area contributed by atoms with E-state index in [-0.39, 0.29) is 5.41 Å². The lowest BCUT2D eigenvalue weighted by molar-refractivity contribution is 0.469. The first-order chi connectivity index (χ1) is 67.2. The Labute approximate surface area is 852 Å². The third-order valence-corrected chi connectivity index (χ3v) is 22.1. The highest BCUT2D eigenvalue weighted by Crippen LogP contribution is 2.61. The van der Waals surface area contributed by atoms with Gasteiger partial charge in [-0.1, -0.05) is 507 Å². The van der Waals surface area contributed by atoms with E-state index in [1.807, 2.05) is 6.07 Å². The van der Waals surface area contributed by atoms with Gasteiger partial charge in [0.1, 0.15) is 16.9 Å². The number of para-hydroxylation sites is 12. The highest BCUT2D eigenvalue weighted by Gasteiger charge is 2.50. The molecule has 734 valence electrons. The topological polar surface area (TPSA) is 56.8 Å². The standard InChI is InChI=1S/C31H19N.2C23H14N2.C19H12N2.8C5H12/c1-4-14-24-20(10-1)21-11-2-5-15-25(21)31(24)26-16-6-8-19-29(26)32-28-18-7-3-12-22(28)23-13-9-17-27(31)30(23)32;1-2-8-16-15(7-1)13-14-18-22(16)17-9-3-5-11-20(17)25-21-12-6-4-10-19(21)24-23(18)25;1-2-8-16-15(7-1)13-14-18-17-9-3-5-11-20(17)25-21-12-6-4-10-19(21)24-23(25)22(16)18;1-2-9-15-13(7-1)14-8-3-5-11-17(14)21-18-12-6-4-10-16(18)20-19(15)21;8*1-5(2,3)4/h1-19H;2*1-14H;1-12H;8*1-4H3. The van der Waals surface area contributed by atoms with E-state index in [1.54, 1.807) is 0 Å². The zero-order valence-corrected chi connectivity index (χ0v) is 91.7. The van der Waals surface area contributed by atoms with E-state index in [1.165, 1.54) is 147 Å². The Hall–Kier alpha value is -13.8. The Morgan fingerprint density at radius 1 is 0.175 bits per heavy atom. The van der Waals surface area contributed by atoms with E-state index in [0.29, 0.717) is 43.3 Å². The van der Waals surface area contributed by atoms with Crippen LogP contribution >= 0.6 is 0 Å². The second-order valence-electron chi connectivity index (χ2n) is 51.2. The second kappa shape index (κ2) is 42.0. The molecule has 7 nitrogen and oxygen atoms in total. The summed E-state index contributed by atoms with van der Waals surface area (Å²) in [4.78, 5) is 14.8. The summed E-state index contributed by atoms with van der Waals surface area (Å²) in [6.45, 7) is 70.0. The van der Waals surface area contributed by atoms with Gasteiger partial charge in [-0.2, -0.15) is 0 Å². The molecule has 0 N–H and O–H groups in total. The number of fused-ring (bicyclic) bond motifs is 40. The molecule has 0 fully saturated rings. The third kappa shape index (κ3) is 25.1. The van der Waals surface area contributed by atoms with Gasteiger partial charge < -0.3 is 4.57 Å². The van der Waals surface area contributed by atoms with Crippen molar-refractivity contribution in [3.63, 3.8) is 0 Å². The number of imidazole rings is 3. The Bertz CT molecular complexity index is 8210. The number of nitrogens with zero attached hydrogens (tertiary/aromatic N) is 7. The van der Waals surface area contributed by atoms with Crippen LogP contribution in [0.4, 0.5) is 0 Å². The normalized spacial score (nSPS) is 12.5. The van der Waals surface area contributed by atoms with Crippen LogP contribution in [0.15, 0.2) is 358 Å². The summed E-state index contributed by atoms with van der Waals surface area (Å²) in [5, 5.41) is 18.9. The fourth-order valence-electron chi connectivity index (χ4n) is 17.9. The molecular formula is C136H155N7. The van der Waals surface area contributed by atoms with Gasteiger partial charge in [-0.25, -0.2) is 15.0 Å². The molecule has 25 rings (SSSR count). The first kappa shape index (κ1) is 105. The first-order valence-corrected chi connectivity index (χ1v) is 51.3. The molecule has 0 saturated carbocycles. The molecule has 2 aliphatic rings. The van der Waals surface area contributed by atoms with Gasteiger partial charge in [0.15, 0.2) is 0 Å². The van der Waals surface area contributed by atoms with Gasteiger partial charge in [-0.3, -0.25) is 13.2 Å². The monoisotopic (exact) mass is 1890 g/mol. The summed E-state index contributed by atoms with van der Waals surface area (Å²) in [7, 11) is 0. The van der Waals surface area contributed by atoms with Crippen LogP contribution in [0.25, 0.3) is 175 Å². The summed E-state index contributed by atoms with van der Waals surface area (Å²) < 4.78 is 9.36. The highest BCUT2D eigenvalue weighted by molar-refractivity contribution is 6.25. The maximum atomic E-state index is 5.01. The minimum atomic E-state index is -0.312. The van der Waals surface area contributed by atoms with Crippen molar-refractivity contribution >= 4 is 158 Å². The Balaban J connectivity index is 0.000000135. The van der Waals surface area contributed by atoms with Gasteiger partial charge in [0.05, 0.1) is 71.8 Å². The number of hydrogen-bond acceptors (Lipinski definition) is 3. The number of pyridine rings is 3. The molecule has 0 amide bonds. The van der Waals surface area contributed by atoms with Gasteiger partial charge in [0, 0.05) is 48.5 Å². The van der Waals surface area contributed by atoms with E-state index in [0.717, 1.165) is 50.0 Å². The summed E-state index contributed by atoms with van der Waals surface area (Å²) in [5.74, 6) is 0. The minimum absolute atomic E-state index is 0.312. The highest BCUT2D eigenvalue weighted by atomic mass is 15.0. The van der Waals surface area contributed by atoms with Crippen molar-refractivity contribution in [2.24, 2.45) is 43.3 Å². The number of benzene rings is 16. The van der Waals surface area contributed by atoms with E-state index in [4.69, 9.17) is 15.0 Å². The molecule has 0 unspecified atom stereocenters. The van der Waals surface area contributed by atoms with E-state index in [2.05, 4.69) is 591 Å². The van der Waals surface area contributed by atoms with E-state index >= 15 is 0 Å². The van der Waals surface area contributed by atoms with Gasteiger partial charge in [0.25, 0.3) is 0 Å². The van der Waals surface area contributed by atoms with Crippen molar-refractivity contribution in [3.8, 4) is 16.8 Å². The summed E-state index contributed by atoms with van der Waals surface area (Å²) in [5.41, 5.74) is 29.1. The number of rotatable bonds is 0. The molecule has 0 bridgehead atoms. The molecule has 7 aromatic heterocycles. The molecule has 1 aliphatic carbocycles. The lowest BCUT2D eigenvalue weighted by Gasteiger charge is -2.39. The molecule has 8 heterocycles. The maximum absolute atomic E-state index is 5.01. The Morgan fingerprint density at radius 2 is 0.441 bits per heavy atom. The largest absolute Gasteiger partial charge is 0.309 e. The quantitative estimate of drug-likeness (QED) is 0.142. The lowest BCUT2D eigenvalue weighted by Crippen LogP contribution is -2.33. The first-order valence-electron chi connectivity index (χ1n) is 51.3. The van der Waals surface area contributed by atoms with Crippen LogP contribution in [0, 0.1) is 43.3 Å². The zero-order chi connectivity index (χ0) is 103. The molecule has 7 heteroatoms. The molecule has 1 aliphatic heterocycles. The van der Waals surface area contributed by atoms with E-state index in [9.17, 15) is 0 Å². The molecule has 143 heavy (non-hydrogen) atoms. The summed E-state index contributed by atoms with van der Waals surface area (Å²) in [6.07, 6.45) is 0. The number of aromatic nitrogens is 7. The van der Waals surface area contributed by atoms with Gasteiger partial charge in [0.2, 0.25) is 0 Å². The van der Waals surface area contributed by atoms with Crippen molar-refractivity contribution in [3.05, 3.63) is 380 Å². The van der Waals surface area contributed by atoms with Crippen LogP contribution in [0.3, 0.4) is 0 Å². The average molecular weight is 1890 g/mol. The molecule has 16 aromatic carbocycles. The number of hydrogen-bond donors (Lipinski definition) is 0. The second-order valence-corrected chi connectivity index (χ2v) is 51.2. The molecule has 0 saturated heterocycles. The predicted octanol–water partition coefficient (Wildman–Crippen LogP) is 40.6. The van der Waals surface area contributed by atoms with Crippen LogP contribution in [0.2, 0.25) is 0 Å². The van der Waals surface area contributed by atoms with Crippen LogP contribution in [-0.2, 0) is 5.41 Å². The van der Waals surface area contributed by atoms with Crippen molar-refractivity contribution in [1.29, 1.82) is 0 Å². The van der Waals surface area contributed by atoms with Crippen molar-refractivity contribution in [2.45, 2.75) is 227 Å². The minimum Gasteiger partial charge on any atom is -0.309 e. The Kier molecular flexibility index (Phi) is 30.9. The van der Waals surface area contributed by atoms with Crippen LogP contribution in [0.1, 0.15) is 244 Å². The van der Waals surface area contributed by atoms with Crippen LogP contribution < -0.4 is 0 Å². The van der Waals surface area contributed by atoms with Crippen molar-refractivity contribution < 1.29 is 0 Å². The molecule has 0 radical (unpaired) electrons. The Morgan fingerprint density at radius 3 is 0.867 bits per heavy atom. The molecular weight excluding hydrogens is 1730 g/mol. The van der Waals surface area contributed by atoms with E-state index < -0.39 is 0 Å². The van der Waals surface area contributed by atoms with Gasteiger partial charge in [-0.05, 0) is 182 Å². The average Bonchev–Trinajstić information content (AvgIpc) is 1.50. The zero-order valence-electron chi connectivity index (χ0n) is 91.7. The SMILES string of the molecule is CC(C)(C)C.CC(C)(C)C.CC(C)(C)C.CC(C)(C)C.CC(C)(C)C.CC(C)(C)C.CC(C)(C)C.CC(C)(C)C.c1ccc2c(c1)-c1ccccc1C21c2ccccc2-n2c3ccccc3c3cccc1c32.c1ccc2c(c1)ccc1c2c2ccccc2n2c3ccccc3nc12.c1ccc2c(c1)ccc1c3ccccc3n3c4ccccc4nc3c21.c1ccc2c(c1)nc1c3ccccc3c3ccccc3n21. The van der Waals surface area contributed by atoms with Gasteiger partial charge >= 0.3 is 0 Å². The van der Waals surface area contributed by atoms with Crippen LogP contribution in [-0.4, -0.2) is 32.7 Å². The molecule has 0 atom stereocenters. The van der Waals surface area contributed by atoms with Crippen LogP contribution in [0.5, 0.6) is 0 Å². The van der Waals surface area contributed by atoms with Gasteiger partial charge in [-0.15, -0.1) is 0 Å². The smallest absolute Gasteiger partial charge is 0.147 e. The third-order valence-electron chi connectivity index (χ3n) is 22.1. The fraction of sp³-hybridized carbons (Fsp3) is 0.301. The molecule has 1 spiro atoms. The predicted molar refractivity (Wildman–Crippen MR) is 631 cm³/mol. The molecule has 23 aromatic rings. The maximum Gasteiger partial charge on any atom is 0.147 e. The lowest BCUT2D eigenvalue weighted by atomic mass is 9.65. The summed E-state index contributed by atoms with van der Waals surface area (Å²) >= 11 is 0.